The number of hydrogen-bond donors (Lipinski definition) is 2. The first-order valence-electron chi connectivity index (χ1n) is 4.33. The van der Waals surface area contributed by atoms with Gasteiger partial charge in [-0.15, -0.1) is 0 Å². The average Bonchev–Trinajstić information content (AvgIpc) is 2.15. The second-order valence-electron chi connectivity index (χ2n) is 2.93. The molecule has 0 aliphatic heterocycles. The highest BCUT2D eigenvalue weighted by Gasteiger charge is 2.10. The van der Waals surface area contributed by atoms with Crippen molar-refractivity contribution in [1.82, 2.24) is 5.32 Å². The Morgan fingerprint density at radius 1 is 1.46 bits per heavy atom. The smallest absolute Gasteiger partial charge is 0.128 e. The Bertz CT molecular complexity index is 265. The number of nitrogens with one attached hydrogen (secondary N) is 1. The van der Waals surface area contributed by atoms with Gasteiger partial charge in [0.15, 0.2) is 0 Å². The fourth-order valence-corrected chi connectivity index (χ4v) is 1.18. The van der Waals surface area contributed by atoms with Gasteiger partial charge in [0.05, 0.1) is 6.10 Å². The van der Waals surface area contributed by atoms with E-state index < -0.39 is 6.10 Å². The van der Waals surface area contributed by atoms with Crippen LogP contribution in [0.5, 0.6) is 0 Å². The van der Waals surface area contributed by atoms with Gasteiger partial charge >= 0.3 is 0 Å². The van der Waals surface area contributed by atoms with Gasteiger partial charge in [-0.05, 0) is 26.1 Å². The van der Waals surface area contributed by atoms with Crippen LogP contribution in [0.15, 0.2) is 24.3 Å². The van der Waals surface area contributed by atoms with Gasteiger partial charge in [-0.25, -0.2) is 4.39 Å². The van der Waals surface area contributed by atoms with E-state index in [2.05, 4.69) is 5.32 Å². The zero-order valence-electron chi connectivity index (χ0n) is 7.63. The summed E-state index contributed by atoms with van der Waals surface area (Å²) < 4.78 is 13.1. The van der Waals surface area contributed by atoms with Crippen molar-refractivity contribution in [2.24, 2.45) is 0 Å². The van der Waals surface area contributed by atoms with Gasteiger partial charge in [0, 0.05) is 5.56 Å². The Kier molecular flexibility index (Phi) is 3.86. The monoisotopic (exact) mass is 183 g/mol. The molecular formula is C10H14FNO. The molecule has 1 aromatic rings. The van der Waals surface area contributed by atoms with Crippen LogP contribution in [0.4, 0.5) is 4.39 Å². The summed E-state index contributed by atoms with van der Waals surface area (Å²) in [5.74, 6) is -0.342. The number of benzene rings is 1. The third-order valence-corrected chi connectivity index (χ3v) is 1.93. The molecule has 0 heterocycles. The number of hydrogen-bond acceptors (Lipinski definition) is 2. The van der Waals surface area contributed by atoms with E-state index in [0.29, 0.717) is 18.5 Å². The number of aliphatic hydroxyl groups excluding tert-OH is 1. The summed E-state index contributed by atoms with van der Waals surface area (Å²) >= 11 is 0. The highest BCUT2D eigenvalue weighted by atomic mass is 19.1. The van der Waals surface area contributed by atoms with Crippen molar-refractivity contribution in [2.75, 3.05) is 13.6 Å². The maximum absolute atomic E-state index is 13.1. The fraction of sp³-hybridized carbons (Fsp3) is 0.400. The lowest BCUT2D eigenvalue weighted by molar-refractivity contribution is 0.163. The summed E-state index contributed by atoms with van der Waals surface area (Å²) in [6.45, 7) is 0.676. The third-order valence-electron chi connectivity index (χ3n) is 1.93. The first-order chi connectivity index (χ1) is 6.25. The highest BCUT2D eigenvalue weighted by molar-refractivity contribution is 5.19. The average molecular weight is 183 g/mol. The van der Waals surface area contributed by atoms with E-state index in [1.807, 2.05) is 0 Å². The van der Waals surface area contributed by atoms with Crippen LogP contribution < -0.4 is 5.32 Å². The van der Waals surface area contributed by atoms with E-state index in [0.717, 1.165) is 0 Å². The third kappa shape index (κ3) is 2.79. The van der Waals surface area contributed by atoms with Crippen molar-refractivity contribution < 1.29 is 9.50 Å². The lowest BCUT2D eigenvalue weighted by Crippen LogP contribution is -2.12. The van der Waals surface area contributed by atoms with Crippen LogP contribution in [0.3, 0.4) is 0 Å². The minimum absolute atomic E-state index is 0.342. The predicted molar refractivity (Wildman–Crippen MR) is 49.9 cm³/mol. The van der Waals surface area contributed by atoms with Crippen molar-refractivity contribution in [1.29, 1.82) is 0 Å². The summed E-state index contributed by atoms with van der Waals surface area (Å²) in [4.78, 5) is 0. The second kappa shape index (κ2) is 4.94. The van der Waals surface area contributed by atoms with Gasteiger partial charge in [0.2, 0.25) is 0 Å². The summed E-state index contributed by atoms with van der Waals surface area (Å²) in [5.41, 5.74) is 0.373. The summed E-state index contributed by atoms with van der Waals surface area (Å²) in [6.07, 6.45) is -0.189. The van der Waals surface area contributed by atoms with Crippen LogP contribution in [-0.2, 0) is 0 Å². The predicted octanol–water partition coefficient (Wildman–Crippen LogP) is 1.47. The Balaban J connectivity index is 2.65. The molecule has 2 nitrogen and oxygen atoms in total. The maximum atomic E-state index is 13.1. The molecule has 0 spiro atoms. The molecule has 3 heteroatoms. The van der Waals surface area contributed by atoms with Crippen molar-refractivity contribution in [3.8, 4) is 0 Å². The van der Waals surface area contributed by atoms with Gasteiger partial charge in [-0.1, -0.05) is 18.2 Å². The van der Waals surface area contributed by atoms with Crippen molar-refractivity contribution in [2.45, 2.75) is 12.5 Å². The molecule has 0 amide bonds. The molecule has 1 atom stereocenters. The van der Waals surface area contributed by atoms with Crippen LogP contribution in [-0.4, -0.2) is 18.7 Å². The Morgan fingerprint density at radius 3 is 2.77 bits per heavy atom. The molecule has 0 saturated carbocycles. The highest BCUT2D eigenvalue weighted by Crippen LogP contribution is 2.18. The molecule has 13 heavy (non-hydrogen) atoms. The normalized spacial score (nSPS) is 12.8. The zero-order chi connectivity index (χ0) is 9.68. The van der Waals surface area contributed by atoms with Crippen molar-refractivity contribution >= 4 is 0 Å². The Morgan fingerprint density at radius 2 is 2.15 bits per heavy atom. The van der Waals surface area contributed by atoms with Crippen LogP contribution >= 0.6 is 0 Å². The minimum Gasteiger partial charge on any atom is -0.388 e. The molecule has 0 fully saturated rings. The van der Waals surface area contributed by atoms with E-state index in [-0.39, 0.29) is 5.82 Å². The molecule has 0 radical (unpaired) electrons. The number of aliphatic hydroxyl groups is 1. The molecule has 72 valence electrons. The zero-order valence-corrected chi connectivity index (χ0v) is 7.63. The molecule has 2 N–H and O–H groups in total. The largest absolute Gasteiger partial charge is 0.388 e. The fourth-order valence-electron chi connectivity index (χ4n) is 1.18. The second-order valence-corrected chi connectivity index (χ2v) is 2.93. The van der Waals surface area contributed by atoms with E-state index in [4.69, 9.17) is 0 Å². The maximum Gasteiger partial charge on any atom is 0.128 e. The standard InChI is InChI=1S/C10H14FNO/c1-12-7-6-10(13)8-4-2-3-5-9(8)11/h2-5,10,12-13H,6-7H2,1H3. The molecular weight excluding hydrogens is 169 g/mol. The van der Waals surface area contributed by atoms with E-state index >= 15 is 0 Å². The number of halogens is 1. The first-order valence-corrected chi connectivity index (χ1v) is 4.33. The van der Waals surface area contributed by atoms with E-state index in [9.17, 15) is 9.50 Å². The quantitative estimate of drug-likeness (QED) is 0.740. The molecule has 1 aromatic carbocycles. The Labute approximate surface area is 77.4 Å². The van der Waals surface area contributed by atoms with Crippen LogP contribution in [0.1, 0.15) is 18.1 Å². The van der Waals surface area contributed by atoms with Gasteiger partial charge in [-0.2, -0.15) is 0 Å². The summed E-state index contributed by atoms with van der Waals surface area (Å²) in [7, 11) is 1.80. The Hall–Kier alpha value is -0.930. The van der Waals surface area contributed by atoms with E-state index in [1.165, 1.54) is 6.07 Å². The minimum atomic E-state index is -0.714. The molecule has 0 aliphatic carbocycles. The van der Waals surface area contributed by atoms with Crippen LogP contribution in [0.2, 0.25) is 0 Å². The SMILES string of the molecule is CNCCC(O)c1ccccc1F. The molecule has 0 aromatic heterocycles. The van der Waals surface area contributed by atoms with Gasteiger partial charge in [-0.3, -0.25) is 0 Å². The molecule has 0 saturated heterocycles. The van der Waals surface area contributed by atoms with Gasteiger partial charge in [0.25, 0.3) is 0 Å². The van der Waals surface area contributed by atoms with Crippen molar-refractivity contribution in [3.05, 3.63) is 35.6 Å². The first kappa shape index (κ1) is 10.2. The molecule has 0 bridgehead atoms. The molecule has 0 aliphatic rings. The summed E-state index contributed by atoms with van der Waals surface area (Å²) in [6, 6.07) is 6.30. The van der Waals surface area contributed by atoms with Gasteiger partial charge < -0.3 is 10.4 Å². The molecule has 1 rings (SSSR count). The topological polar surface area (TPSA) is 32.3 Å². The van der Waals surface area contributed by atoms with Crippen LogP contribution in [0, 0.1) is 5.82 Å². The lowest BCUT2D eigenvalue weighted by atomic mass is 10.1. The van der Waals surface area contributed by atoms with E-state index in [1.54, 1.807) is 25.2 Å². The van der Waals surface area contributed by atoms with Crippen LogP contribution in [0.25, 0.3) is 0 Å². The summed E-state index contributed by atoms with van der Waals surface area (Å²) in [5, 5.41) is 12.5. The molecule has 1 unspecified atom stereocenters. The van der Waals surface area contributed by atoms with Crippen molar-refractivity contribution in [3.63, 3.8) is 0 Å². The lowest BCUT2D eigenvalue weighted by Gasteiger charge is -2.10. The van der Waals surface area contributed by atoms with Gasteiger partial charge in [0.1, 0.15) is 5.82 Å². The number of rotatable bonds is 4.